The van der Waals surface area contributed by atoms with Gasteiger partial charge in [-0.15, -0.1) is 0 Å². The van der Waals surface area contributed by atoms with E-state index in [-0.39, 0.29) is 11.5 Å². The third-order valence-corrected chi connectivity index (χ3v) is 2.47. The molecule has 0 aliphatic carbocycles. The highest BCUT2D eigenvalue weighted by atomic mass is 16.3. The maximum absolute atomic E-state index is 9.88. The van der Waals surface area contributed by atoms with E-state index in [1.54, 1.807) is 12.2 Å². The van der Waals surface area contributed by atoms with Crippen LogP contribution in [0.15, 0.2) is 48.7 Å². The van der Waals surface area contributed by atoms with Crippen molar-refractivity contribution in [3.05, 3.63) is 59.9 Å². The van der Waals surface area contributed by atoms with Gasteiger partial charge in [0.1, 0.15) is 0 Å². The van der Waals surface area contributed by atoms with E-state index < -0.39 is 6.10 Å². The van der Waals surface area contributed by atoms with Crippen LogP contribution < -0.4 is 0 Å². The molecular weight excluding hydrogens is 230 g/mol. The molecule has 1 unspecified atom stereocenters. The highest BCUT2D eigenvalue weighted by molar-refractivity contribution is 5.51. The molecule has 0 saturated carbocycles. The number of rotatable bonds is 3. The minimum absolute atomic E-state index is 0.237. The van der Waals surface area contributed by atoms with Crippen LogP contribution in [0.5, 0.6) is 11.5 Å². The summed E-state index contributed by atoms with van der Waals surface area (Å²) in [5, 5.41) is 28.3. The van der Waals surface area contributed by atoms with Gasteiger partial charge in [-0.1, -0.05) is 30.3 Å². The van der Waals surface area contributed by atoms with Gasteiger partial charge in [-0.05, 0) is 17.7 Å². The number of pyridine rings is 1. The molecule has 4 nitrogen and oxygen atoms in total. The summed E-state index contributed by atoms with van der Waals surface area (Å²) in [7, 11) is 0. The fourth-order valence-corrected chi connectivity index (χ4v) is 1.50. The number of hydrogen-bond acceptors (Lipinski definition) is 4. The standard InChI is InChI=1S/C14H13NO3/c16-12(10-4-2-1-3-5-10)7-6-11-8-13(17)14(18)9-15-11/h1-9,12,16,18H,(H,15,17)/b7-6+. The summed E-state index contributed by atoms with van der Waals surface area (Å²) < 4.78 is 0. The van der Waals surface area contributed by atoms with Crippen molar-refractivity contribution in [2.45, 2.75) is 6.10 Å². The average molecular weight is 243 g/mol. The van der Waals surface area contributed by atoms with E-state index in [1.807, 2.05) is 30.3 Å². The van der Waals surface area contributed by atoms with Crippen molar-refractivity contribution in [1.82, 2.24) is 4.98 Å². The first kappa shape index (κ1) is 12.1. The van der Waals surface area contributed by atoms with E-state index in [9.17, 15) is 10.2 Å². The molecule has 2 rings (SSSR count). The van der Waals surface area contributed by atoms with E-state index in [0.717, 1.165) is 11.8 Å². The maximum Gasteiger partial charge on any atom is 0.176 e. The predicted octanol–water partition coefficient (Wildman–Crippen LogP) is 2.24. The lowest BCUT2D eigenvalue weighted by molar-refractivity contribution is 0.229. The summed E-state index contributed by atoms with van der Waals surface area (Å²) in [6.07, 6.45) is 3.57. The lowest BCUT2D eigenvalue weighted by atomic mass is 10.1. The molecule has 18 heavy (non-hydrogen) atoms. The fourth-order valence-electron chi connectivity index (χ4n) is 1.50. The van der Waals surface area contributed by atoms with Gasteiger partial charge in [0.25, 0.3) is 0 Å². The van der Waals surface area contributed by atoms with Gasteiger partial charge in [0.2, 0.25) is 0 Å². The monoisotopic (exact) mass is 243 g/mol. The summed E-state index contributed by atoms with van der Waals surface area (Å²) in [5.41, 5.74) is 1.23. The number of nitrogens with zero attached hydrogens (tertiary/aromatic N) is 1. The van der Waals surface area contributed by atoms with Gasteiger partial charge in [0.05, 0.1) is 18.0 Å². The molecule has 0 aliphatic rings. The number of aromatic hydroxyl groups is 2. The second kappa shape index (κ2) is 5.33. The minimum Gasteiger partial charge on any atom is -0.504 e. The Morgan fingerprint density at radius 3 is 2.44 bits per heavy atom. The van der Waals surface area contributed by atoms with Crippen LogP contribution >= 0.6 is 0 Å². The summed E-state index contributed by atoms with van der Waals surface area (Å²) in [5.74, 6) is -0.505. The van der Waals surface area contributed by atoms with E-state index >= 15 is 0 Å². The van der Waals surface area contributed by atoms with Crippen molar-refractivity contribution in [2.75, 3.05) is 0 Å². The smallest absolute Gasteiger partial charge is 0.176 e. The molecule has 0 spiro atoms. The van der Waals surface area contributed by atoms with E-state index in [1.165, 1.54) is 6.07 Å². The number of aliphatic hydroxyl groups excluding tert-OH is 1. The molecular formula is C14H13NO3. The first-order valence-electron chi connectivity index (χ1n) is 5.46. The van der Waals surface area contributed by atoms with Gasteiger partial charge in [0.15, 0.2) is 11.5 Å². The molecule has 0 aliphatic heterocycles. The summed E-state index contributed by atoms with van der Waals surface area (Å²) >= 11 is 0. The Bertz CT molecular complexity index is 552. The second-order valence-corrected chi connectivity index (χ2v) is 3.81. The Morgan fingerprint density at radius 1 is 1.06 bits per heavy atom. The molecule has 3 N–H and O–H groups in total. The van der Waals surface area contributed by atoms with Crippen LogP contribution in [-0.2, 0) is 0 Å². The van der Waals surface area contributed by atoms with Crippen molar-refractivity contribution < 1.29 is 15.3 Å². The van der Waals surface area contributed by atoms with Crippen molar-refractivity contribution >= 4 is 6.08 Å². The van der Waals surface area contributed by atoms with Gasteiger partial charge in [-0.3, -0.25) is 4.98 Å². The lowest BCUT2D eigenvalue weighted by Crippen LogP contribution is -1.92. The van der Waals surface area contributed by atoms with Crippen LogP contribution in [0.4, 0.5) is 0 Å². The van der Waals surface area contributed by atoms with Crippen molar-refractivity contribution in [2.24, 2.45) is 0 Å². The normalized spacial score (nSPS) is 12.7. The maximum atomic E-state index is 9.88. The molecule has 0 bridgehead atoms. The molecule has 1 heterocycles. The summed E-state index contributed by atoms with van der Waals surface area (Å²) in [6, 6.07) is 10.5. The van der Waals surface area contributed by atoms with Crippen LogP contribution in [0.1, 0.15) is 17.4 Å². The predicted molar refractivity (Wildman–Crippen MR) is 68.0 cm³/mol. The van der Waals surface area contributed by atoms with Crippen LogP contribution in [0, 0.1) is 0 Å². The third-order valence-electron chi connectivity index (χ3n) is 2.47. The van der Waals surface area contributed by atoms with Gasteiger partial charge in [-0.2, -0.15) is 0 Å². The summed E-state index contributed by atoms with van der Waals surface area (Å²) in [6.45, 7) is 0. The van der Waals surface area contributed by atoms with Crippen molar-refractivity contribution in [3.63, 3.8) is 0 Å². The largest absolute Gasteiger partial charge is 0.504 e. The Morgan fingerprint density at radius 2 is 1.78 bits per heavy atom. The summed E-state index contributed by atoms with van der Waals surface area (Å²) in [4.78, 5) is 3.90. The zero-order valence-electron chi connectivity index (χ0n) is 9.56. The number of aliphatic hydroxyl groups is 1. The molecule has 4 heteroatoms. The molecule has 92 valence electrons. The quantitative estimate of drug-likeness (QED) is 0.773. The number of aromatic nitrogens is 1. The number of benzene rings is 1. The second-order valence-electron chi connectivity index (χ2n) is 3.81. The molecule has 0 fully saturated rings. The third kappa shape index (κ3) is 2.87. The molecule has 1 aromatic heterocycles. The number of hydrogen-bond donors (Lipinski definition) is 3. The first-order chi connectivity index (χ1) is 8.66. The van der Waals surface area contributed by atoms with Gasteiger partial charge < -0.3 is 15.3 Å². The highest BCUT2D eigenvalue weighted by Crippen LogP contribution is 2.24. The molecule has 1 aromatic carbocycles. The molecule has 0 saturated heterocycles. The Kier molecular flexibility index (Phi) is 3.60. The molecule has 0 radical (unpaired) electrons. The van der Waals surface area contributed by atoms with Crippen LogP contribution in [0.25, 0.3) is 6.08 Å². The zero-order valence-corrected chi connectivity index (χ0v) is 9.56. The fraction of sp³-hybridized carbons (Fsp3) is 0.0714. The van der Waals surface area contributed by atoms with E-state index in [2.05, 4.69) is 4.98 Å². The minimum atomic E-state index is -0.732. The van der Waals surface area contributed by atoms with Crippen molar-refractivity contribution in [3.8, 4) is 11.5 Å². The zero-order chi connectivity index (χ0) is 13.0. The topological polar surface area (TPSA) is 73.6 Å². The van der Waals surface area contributed by atoms with E-state index in [4.69, 9.17) is 5.11 Å². The van der Waals surface area contributed by atoms with Gasteiger partial charge in [-0.25, -0.2) is 0 Å². The molecule has 1 atom stereocenters. The Hall–Kier alpha value is -2.33. The van der Waals surface area contributed by atoms with Crippen LogP contribution in [-0.4, -0.2) is 20.3 Å². The lowest BCUT2D eigenvalue weighted by Gasteiger charge is -2.05. The van der Waals surface area contributed by atoms with Crippen LogP contribution in [0.3, 0.4) is 0 Å². The Labute approximate surface area is 104 Å². The highest BCUT2D eigenvalue weighted by Gasteiger charge is 2.03. The average Bonchev–Trinajstić information content (AvgIpc) is 2.41. The van der Waals surface area contributed by atoms with Gasteiger partial charge in [0, 0.05) is 6.07 Å². The van der Waals surface area contributed by atoms with E-state index in [0.29, 0.717) is 5.69 Å². The molecule has 0 amide bonds. The van der Waals surface area contributed by atoms with Crippen molar-refractivity contribution in [1.29, 1.82) is 0 Å². The molecule has 2 aromatic rings. The van der Waals surface area contributed by atoms with Crippen LogP contribution in [0.2, 0.25) is 0 Å². The first-order valence-corrected chi connectivity index (χ1v) is 5.46. The Balaban J connectivity index is 2.13. The SMILES string of the molecule is Oc1cnc(/C=C/C(O)c2ccccc2)cc1O. The van der Waals surface area contributed by atoms with Gasteiger partial charge >= 0.3 is 0 Å².